The van der Waals surface area contributed by atoms with Gasteiger partial charge in [-0.2, -0.15) is 0 Å². The van der Waals surface area contributed by atoms with Crippen LogP contribution in [-0.4, -0.2) is 41.6 Å². The van der Waals surface area contributed by atoms with Crippen molar-refractivity contribution in [3.63, 3.8) is 0 Å². The van der Waals surface area contributed by atoms with Gasteiger partial charge in [-0.1, -0.05) is 35.9 Å². The average molecular weight is 470 g/mol. The predicted molar refractivity (Wildman–Crippen MR) is 128 cm³/mol. The lowest BCUT2D eigenvalue weighted by molar-refractivity contribution is 0.0697. The molecule has 1 aromatic heterocycles. The molecule has 2 N–H and O–H groups in total. The van der Waals surface area contributed by atoms with E-state index < -0.39 is 5.97 Å². The lowest BCUT2D eigenvalue weighted by atomic mass is 9.96. The van der Waals surface area contributed by atoms with E-state index in [1.807, 2.05) is 43.3 Å². The number of para-hydroxylation sites is 1. The van der Waals surface area contributed by atoms with E-state index in [-0.39, 0.29) is 11.8 Å². The molecule has 0 spiro atoms. The van der Waals surface area contributed by atoms with Gasteiger partial charge in [-0.25, -0.2) is 9.78 Å². The van der Waals surface area contributed by atoms with E-state index in [1.165, 1.54) is 11.3 Å². The molecule has 0 radical (unpaired) electrons. The lowest BCUT2D eigenvalue weighted by Crippen LogP contribution is -2.41. The van der Waals surface area contributed by atoms with Gasteiger partial charge in [0.2, 0.25) is 0 Å². The first-order valence-corrected chi connectivity index (χ1v) is 11.7. The lowest BCUT2D eigenvalue weighted by Gasteiger charge is -2.35. The number of nitrogens with one attached hydrogen (secondary N) is 1. The smallest absolute Gasteiger partial charge is 0.337 e. The molecule has 166 valence electrons. The van der Waals surface area contributed by atoms with E-state index in [2.05, 4.69) is 15.2 Å². The minimum atomic E-state index is -0.923. The van der Waals surface area contributed by atoms with Gasteiger partial charge in [0.1, 0.15) is 9.88 Å². The summed E-state index contributed by atoms with van der Waals surface area (Å²) in [6, 6.07) is 14.5. The molecule has 6 nitrogen and oxygen atoms in total. The second-order valence-corrected chi connectivity index (χ2v) is 9.36. The van der Waals surface area contributed by atoms with Gasteiger partial charge in [-0.3, -0.25) is 4.79 Å². The maximum absolute atomic E-state index is 12.8. The summed E-state index contributed by atoms with van der Waals surface area (Å²) < 4.78 is 0. The Hall–Kier alpha value is -2.90. The molecule has 1 fully saturated rings. The van der Waals surface area contributed by atoms with Crippen LogP contribution in [0.25, 0.3) is 10.6 Å². The number of aryl methyl sites for hydroxylation is 1. The first-order chi connectivity index (χ1) is 15.4. The Balaban J connectivity index is 1.40. The van der Waals surface area contributed by atoms with Crippen LogP contribution in [-0.2, 0) is 0 Å². The molecular weight excluding hydrogens is 446 g/mol. The van der Waals surface area contributed by atoms with Crippen LogP contribution < -0.4 is 10.2 Å². The molecule has 3 aromatic rings. The molecular formula is C24H24ClN3O3S. The summed E-state index contributed by atoms with van der Waals surface area (Å²) in [6.45, 7) is 3.91. The van der Waals surface area contributed by atoms with Crippen LogP contribution in [0.1, 0.15) is 38.6 Å². The third kappa shape index (κ3) is 4.95. The first-order valence-electron chi connectivity index (χ1n) is 10.5. The number of nitrogens with zero attached hydrogens (tertiary/aromatic N) is 2. The summed E-state index contributed by atoms with van der Waals surface area (Å²) in [5, 5.41) is 14.0. The van der Waals surface area contributed by atoms with Gasteiger partial charge in [-0.05, 0) is 49.9 Å². The number of hydrogen-bond acceptors (Lipinski definition) is 5. The van der Waals surface area contributed by atoms with Crippen molar-refractivity contribution in [2.24, 2.45) is 5.92 Å². The number of halogens is 1. The molecule has 0 aliphatic carbocycles. The number of benzene rings is 2. The molecule has 2 aromatic carbocycles. The minimum Gasteiger partial charge on any atom is -0.478 e. The van der Waals surface area contributed by atoms with Crippen LogP contribution in [0.3, 0.4) is 0 Å². The van der Waals surface area contributed by atoms with Crippen LogP contribution in [0.2, 0.25) is 5.02 Å². The number of hydrogen-bond donors (Lipinski definition) is 2. The number of aromatic nitrogens is 1. The van der Waals surface area contributed by atoms with Crippen LogP contribution in [0.5, 0.6) is 0 Å². The molecule has 8 heteroatoms. The number of rotatable bonds is 6. The van der Waals surface area contributed by atoms with Crippen LogP contribution in [0.15, 0.2) is 48.5 Å². The van der Waals surface area contributed by atoms with Crippen molar-refractivity contribution in [2.75, 3.05) is 24.5 Å². The van der Waals surface area contributed by atoms with Crippen LogP contribution in [0, 0.1) is 12.8 Å². The van der Waals surface area contributed by atoms with Gasteiger partial charge in [0.05, 0.1) is 16.9 Å². The molecule has 1 aliphatic rings. The van der Waals surface area contributed by atoms with E-state index in [9.17, 15) is 14.7 Å². The number of piperidine rings is 1. The highest BCUT2D eigenvalue weighted by Crippen LogP contribution is 2.29. The first kappa shape index (κ1) is 22.3. The minimum absolute atomic E-state index is 0.122. The monoisotopic (exact) mass is 469 g/mol. The maximum Gasteiger partial charge on any atom is 0.337 e. The molecule has 2 heterocycles. The van der Waals surface area contributed by atoms with Crippen molar-refractivity contribution < 1.29 is 14.7 Å². The summed E-state index contributed by atoms with van der Waals surface area (Å²) in [5.74, 6) is -0.796. The zero-order valence-corrected chi connectivity index (χ0v) is 19.2. The van der Waals surface area contributed by atoms with Gasteiger partial charge in [0.15, 0.2) is 0 Å². The fourth-order valence-electron chi connectivity index (χ4n) is 4.02. The Morgan fingerprint density at radius 3 is 2.72 bits per heavy atom. The van der Waals surface area contributed by atoms with Crippen LogP contribution in [0.4, 0.5) is 5.69 Å². The molecule has 1 saturated heterocycles. The van der Waals surface area contributed by atoms with Gasteiger partial charge < -0.3 is 15.3 Å². The van der Waals surface area contributed by atoms with Gasteiger partial charge >= 0.3 is 5.97 Å². The second kappa shape index (κ2) is 9.71. The van der Waals surface area contributed by atoms with Crippen molar-refractivity contribution >= 4 is 40.5 Å². The fraction of sp³-hybridized carbons (Fsp3) is 0.292. The van der Waals surface area contributed by atoms with Crippen LogP contribution >= 0.6 is 22.9 Å². The van der Waals surface area contributed by atoms with Gasteiger partial charge in [0.25, 0.3) is 5.91 Å². The highest BCUT2D eigenvalue weighted by Gasteiger charge is 2.24. The topological polar surface area (TPSA) is 82.5 Å². The zero-order chi connectivity index (χ0) is 22.7. The third-order valence-electron chi connectivity index (χ3n) is 5.64. The summed E-state index contributed by atoms with van der Waals surface area (Å²) in [5.41, 5.74) is 2.69. The van der Waals surface area contributed by atoms with E-state index in [0.29, 0.717) is 34.2 Å². The van der Waals surface area contributed by atoms with Crippen molar-refractivity contribution in [2.45, 2.75) is 19.8 Å². The largest absolute Gasteiger partial charge is 0.478 e. The molecule has 4 rings (SSSR count). The highest BCUT2D eigenvalue weighted by molar-refractivity contribution is 7.17. The second-order valence-electron chi connectivity index (χ2n) is 7.93. The summed E-state index contributed by atoms with van der Waals surface area (Å²) in [4.78, 5) is 31.7. The maximum atomic E-state index is 12.8. The molecule has 0 saturated carbocycles. The number of carboxylic acid groups (broad SMARTS) is 1. The van der Waals surface area contributed by atoms with E-state index in [4.69, 9.17) is 11.6 Å². The van der Waals surface area contributed by atoms with Gasteiger partial charge in [0, 0.05) is 30.2 Å². The SMILES string of the molecule is Cc1nc(-c2ccc(Cl)cc2)sc1C(=O)NC[C@H]1CCCN(c2ccccc2C(=O)O)C1. The highest BCUT2D eigenvalue weighted by atomic mass is 35.5. The molecule has 1 amide bonds. The number of aromatic carboxylic acids is 1. The number of thiazole rings is 1. The number of carbonyl (C=O) groups is 2. The summed E-state index contributed by atoms with van der Waals surface area (Å²) in [6.07, 6.45) is 1.94. The summed E-state index contributed by atoms with van der Waals surface area (Å²) >= 11 is 7.33. The molecule has 1 atom stereocenters. The average Bonchev–Trinajstić information content (AvgIpc) is 3.19. The quantitative estimate of drug-likeness (QED) is 0.523. The Kier molecular flexibility index (Phi) is 6.77. The van der Waals surface area contributed by atoms with E-state index >= 15 is 0 Å². The Labute approximate surface area is 195 Å². The Morgan fingerprint density at radius 1 is 1.22 bits per heavy atom. The number of carbonyl (C=O) groups excluding carboxylic acids is 1. The molecule has 32 heavy (non-hydrogen) atoms. The van der Waals surface area contributed by atoms with Gasteiger partial charge in [-0.15, -0.1) is 11.3 Å². The van der Waals surface area contributed by atoms with Crippen molar-refractivity contribution in [1.82, 2.24) is 10.3 Å². The molecule has 0 unspecified atom stereocenters. The third-order valence-corrected chi connectivity index (χ3v) is 7.10. The Morgan fingerprint density at radius 2 is 1.97 bits per heavy atom. The summed E-state index contributed by atoms with van der Waals surface area (Å²) in [7, 11) is 0. The zero-order valence-electron chi connectivity index (χ0n) is 17.7. The van der Waals surface area contributed by atoms with E-state index in [1.54, 1.807) is 12.1 Å². The van der Waals surface area contributed by atoms with Crippen molar-refractivity contribution in [3.05, 3.63) is 69.7 Å². The Bertz CT molecular complexity index is 1130. The predicted octanol–water partition coefficient (Wildman–Crippen LogP) is 5.12. The normalized spacial score (nSPS) is 16.1. The molecule has 1 aliphatic heterocycles. The number of amides is 1. The van der Waals surface area contributed by atoms with Crippen molar-refractivity contribution in [3.8, 4) is 10.6 Å². The number of carboxylic acids is 1. The molecule has 0 bridgehead atoms. The fourth-order valence-corrected chi connectivity index (χ4v) is 5.14. The van der Waals surface area contributed by atoms with Crippen molar-refractivity contribution in [1.29, 1.82) is 0 Å². The van der Waals surface area contributed by atoms with E-state index in [0.717, 1.165) is 35.6 Å². The standard InChI is InChI=1S/C24H24ClN3O3S/c1-15-21(32-23(27-15)17-8-10-18(25)11-9-17)22(29)26-13-16-5-4-12-28(14-16)20-7-3-2-6-19(20)24(30)31/h2-3,6-11,16H,4-5,12-14H2,1H3,(H,26,29)(H,30,31)/t16-/m1/s1. The number of anilines is 1.